The minimum atomic E-state index is -2.54. The van der Waals surface area contributed by atoms with E-state index < -0.39 is 8.80 Å². The summed E-state index contributed by atoms with van der Waals surface area (Å²) in [6, 6.07) is 0.647. The van der Waals surface area contributed by atoms with Gasteiger partial charge in [-0.05, 0) is 12.8 Å². The highest BCUT2D eigenvalue weighted by molar-refractivity contribution is 6.60. The number of carbonyl (C=O) groups is 2. The van der Waals surface area contributed by atoms with Crippen molar-refractivity contribution < 1.29 is 22.9 Å². The molecule has 98 valence electrons. The quantitative estimate of drug-likeness (QED) is 0.527. The van der Waals surface area contributed by atoms with E-state index in [1.165, 1.54) is 0 Å². The molecule has 1 saturated heterocycles. The minimum Gasteiger partial charge on any atom is -0.377 e. The molecular formula is C10H19NO5Si. The zero-order chi connectivity index (χ0) is 12.9. The lowest BCUT2D eigenvalue weighted by Crippen LogP contribution is -2.42. The Balaban J connectivity index is 2.36. The SMILES string of the molecule is CO[Si](CCCC1CC(=O)NC1=O)(OC)OC. The molecule has 0 aromatic carbocycles. The van der Waals surface area contributed by atoms with Gasteiger partial charge in [-0.2, -0.15) is 0 Å². The maximum atomic E-state index is 11.3. The summed E-state index contributed by atoms with van der Waals surface area (Å²) < 4.78 is 15.8. The topological polar surface area (TPSA) is 73.9 Å². The lowest BCUT2D eigenvalue weighted by Gasteiger charge is -2.24. The van der Waals surface area contributed by atoms with Gasteiger partial charge < -0.3 is 13.3 Å². The van der Waals surface area contributed by atoms with Gasteiger partial charge in [0, 0.05) is 39.7 Å². The highest BCUT2D eigenvalue weighted by Crippen LogP contribution is 2.22. The van der Waals surface area contributed by atoms with E-state index in [0.717, 1.165) is 6.42 Å². The maximum Gasteiger partial charge on any atom is 0.500 e. The molecule has 1 fully saturated rings. The first-order valence-corrected chi connectivity index (χ1v) is 7.49. The van der Waals surface area contributed by atoms with E-state index in [9.17, 15) is 9.59 Å². The van der Waals surface area contributed by atoms with Crippen LogP contribution in [0.2, 0.25) is 6.04 Å². The third-order valence-electron chi connectivity index (χ3n) is 3.03. The average molecular weight is 261 g/mol. The smallest absolute Gasteiger partial charge is 0.377 e. The summed E-state index contributed by atoms with van der Waals surface area (Å²) in [5.41, 5.74) is 0. The van der Waals surface area contributed by atoms with Gasteiger partial charge in [0.25, 0.3) is 0 Å². The summed E-state index contributed by atoms with van der Waals surface area (Å²) in [5.74, 6) is -0.567. The molecule has 1 aliphatic rings. The fraction of sp³-hybridized carbons (Fsp3) is 0.800. The maximum absolute atomic E-state index is 11.3. The summed E-state index contributed by atoms with van der Waals surface area (Å²) >= 11 is 0. The summed E-state index contributed by atoms with van der Waals surface area (Å²) in [6.45, 7) is 0. The van der Waals surface area contributed by atoms with Gasteiger partial charge in [0.05, 0.1) is 0 Å². The van der Waals surface area contributed by atoms with E-state index in [1.807, 2.05) is 0 Å². The zero-order valence-electron chi connectivity index (χ0n) is 10.4. The predicted molar refractivity (Wildman–Crippen MR) is 62.1 cm³/mol. The highest BCUT2D eigenvalue weighted by Gasteiger charge is 2.38. The van der Waals surface area contributed by atoms with Gasteiger partial charge in [-0.15, -0.1) is 0 Å². The second kappa shape index (κ2) is 6.25. The van der Waals surface area contributed by atoms with Crippen LogP contribution in [0.3, 0.4) is 0 Å². The largest absolute Gasteiger partial charge is 0.500 e. The Labute approximate surface area is 102 Å². The van der Waals surface area contributed by atoms with Crippen molar-refractivity contribution in [1.82, 2.24) is 5.32 Å². The van der Waals surface area contributed by atoms with Gasteiger partial charge in [-0.25, -0.2) is 0 Å². The van der Waals surface area contributed by atoms with Crippen molar-refractivity contribution in [1.29, 1.82) is 0 Å². The number of hydrogen-bond acceptors (Lipinski definition) is 5. The summed E-state index contributed by atoms with van der Waals surface area (Å²) in [5, 5.41) is 2.30. The number of rotatable bonds is 7. The van der Waals surface area contributed by atoms with Crippen molar-refractivity contribution in [3.05, 3.63) is 0 Å². The van der Waals surface area contributed by atoms with E-state index in [4.69, 9.17) is 13.3 Å². The second-order valence-corrected chi connectivity index (χ2v) is 7.09. The van der Waals surface area contributed by atoms with Crippen LogP contribution in [0.1, 0.15) is 19.3 Å². The number of amides is 2. The molecule has 1 atom stereocenters. The minimum absolute atomic E-state index is 0.172. The predicted octanol–water partition coefficient (Wildman–Crippen LogP) is 0.307. The Morgan fingerprint density at radius 3 is 2.24 bits per heavy atom. The van der Waals surface area contributed by atoms with Crippen LogP contribution in [0.4, 0.5) is 0 Å². The van der Waals surface area contributed by atoms with Crippen LogP contribution in [-0.2, 0) is 22.9 Å². The van der Waals surface area contributed by atoms with Crippen molar-refractivity contribution in [2.75, 3.05) is 21.3 Å². The molecule has 6 nitrogen and oxygen atoms in total. The molecule has 0 aliphatic carbocycles. The summed E-state index contributed by atoms with van der Waals surface area (Å²) in [4.78, 5) is 22.3. The Morgan fingerprint density at radius 1 is 1.24 bits per heavy atom. The van der Waals surface area contributed by atoms with Gasteiger partial charge in [0.1, 0.15) is 0 Å². The number of nitrogens with one attached hydrogen (secondary N) is 1. The van der Waals surface area contributed by atoms with Crippen LogP contribution in [0.25, 0.3) is 0 Å². The molecule has 2 amide bonds. The standard InChI is InChI=1S/C10H19NO5Si/c1-14-17(15-2,16-3)6-4-5-8-7-9(12)11-10(8)13/h8H,4-7H2,1-3H3,(H,11,12,13). The molecule has 1 unspecified atom stereocenters. The molecule has 0 spiro atoms. The van der Waals surface area contributed by atoms with Crippen LogP contribution in [0.5, 0.6) is 0 Å². The molecule has 1 rings (SSSR count). The summed E-state index contributed by atoms with van der Waals surface area (Å²) in [7, 11) is 2.14. The lowest BCUT2D eigenvalue weighted by molar-refractivity contribution is -0.125. The number of imide groups is 1. The average Bonchev–Trinajstić information content (AvgIpc) is 2.64. The van der Waals surface area contributed by atoms with Crippen molar-refractivity contribution in [3.63, 3.8) is 0 Å². The molecule has 0 radical (unpaired) electrons. The molecule has 0 saturated carbocycles. The molecular weight excluding hydrogens is 242 g/mol. The normalized spacial score (nSPS) is 20.8. The van der Waals surface area contributed by atoms with Gasteiger partial charge in [-0.3, -0.25) is 14.9 Å². The molecule has 0 aromatic heterocycles. The van der Waals surface area contributed by atoms with Crippen molar-refractivity contribution >= 4 is 20.6 Å². The number of hydrogen-bond donors (Lipinski definition) is 1. The van der Waals surface area contributed by atoms with Crippen molar-refractivity contribution in [3.8, 4) is 0 Å². The fourth-order valence-electron chi connectivity index (χ4n) is 1.96. The first kappa shape index (κ1) is 14.3. The third kappa shape index (κ3) is 3.60. The van der Waals surface area contributed by atoms with Crippen LogP contribution in [0.15, 0.2) is 0 Å². The summed E-state index contributed by atoms with van der Waals surface area (Å²) in [6.07, 6.45) is 1.69. The third-order valence-corrected chi connectivity index (χ3v) is 5.87. The van der Waals surface area contributed by atoms with E-state index in [0.29, 0.717) is 18.9 Å². The van der Waals surface area contributed by atoms with Crippen LogP contribution in [-0.4, -0.2) is 41.9 Å². The van der Waals surface area contributed by atoms with E-state index in [1.54, 1.807) is 21.3 Å². The van der Waals surface area contributed by atoms with Crippen LogP contribution in [0, 0.1) is 5.92 Å². The van der Waals surface area contributed by atoms with Crippen molar-refractivity contribution in [2.24, 2.45) is 5.92 Å². The molecule has 1 heterocycles. The van der Waals surface area contributed by atoms with Gasteiger partial charge in [0.2, 0.25) is 11.8 Å². The fourth-order valence-corrected chi connectivity index (χ4v) is 3.71. The van der Waals surface area contributed by atoms with E-state index in [-0.39, 0.29) is 17.7 Å². The van der Waals surface area contributed by atoms with Crippen LogP contribution >= 0.6 is 0 Å². The van der Waals surface area contributed by atoms with Crippen LogP contribution < -0.4 is 5.32 Å². The van der Waals surface area contributed by atoms with E-state index in [2.05, 4.69) is 5.32 Å². The number of carbonyl (C=O) groups excluding carboxylic acids is 2. The zero-order valence-corrected chi connectivity index (χ0v) is 11.4. The molecule has 0 aromatic rings. The Bertz CT molecular complexity index is 284. The Hall–Kier alpha value is -0.763. The van der Waals surface area contributed by atoms with Gasteiger partial charge >= 0.3 is 8.80 Å². The highest BCUT2D eigenvalue weighted by atomic mass is 28.4. The molecule has 0 bridgehead atoms. The monoisotopic (exact) mass is 261 g/mol. The first-order chi connectivity index (χ1) is 8.06. The van der Waals surface area contributed by atoms with Gasteiger partial charge in [-0.1, -0.05) is 0 Å². The lowest BCUT2D eigenvalue weighted by atomic mass is 10.0. The molecule has 17 heavy (non-hydrogen) atoms. The molecule has 1 aliphatic heterocycles. The molecule has 1 N–H and O–H groups in total. The Kier molecular flexibility index (Phi) is 5.25. The Morgan fingerprint density at radius 2 is 1.82 bits per heavy atom. The van der Waals surface area contributed by atoms with E-state index >= 15 is 0 Å². The van der Waals surface area contributed by atoms with Crippen molar-refractivity contribution in [2.45, 2.75) is 25.3 Å². The first-order valence-electron chi connectivity index (χ1n) is 5.56. The molecule has 7 heteroatoms. The van der Waals surface area contributed by atoms with Gasteiger partial charge in [0.15, 0.2) is 0 Å². The second-order valence-electron chi connectivity index (χ2n) is 4.00.